The van der Waals surface area contributed by atoms with E-state index in [9.17, 15) is 4.79 Å². The van der Waals surface area contributed by atoms with E-state index < -0.39 is 0 Å². The summed E-state index contributed by atoms with van der Waals surface area (Å²) in [5.74, 6) is 0.967. The summed E-state index contributed by atoms with van der Waals surface area (Å²) in [6.45, 7) is 2.49. The number of carbonyl (C=O) groups excluding carboxylic acids is 1. The molecule has 0 unspecified atom stereocenters. The number of methoxy groups -OCH3 is 1. The maximum Gasteiger partial charge on any atom is 0.158 e. The molecule has 0 heterocycles. The Kier molecular flexibility index (Phi) is 6.04. The molecule has 1 aromatic carbocycles. The van der Waals surface area contributed by atoms with E-state index in [1.165, 1.54) is 0 Å². The first-order valence-corrected chi connectivity index (χ1v) is 5.66. The van der Waals surface area contributed by atoms with Gasteiger partial charge in [0.1, 0.15) is 12.4 Å². The standard InChI is InChI=1S/C14H18O3/c1-3-13(15)11-17-10-4-5-12-6-8-14(16-2)9-7-12/h4-9H,3,10-11H2,1-2H3/b5-4+. The summed E-state index contributed by atoms with van der Waals surface area (Å²) in [7, 11) is 1.64. The van der Waals surface area contributed by atoms with E-state index in [0.717, 1.165) is 11.3 Å². The number of hydrogen-bond acceptors (Lipinski definition) is 3. The van der Waals surface area contributed by atoms with Crippen molar-refractivity contribution < 1.29 is 14.3 Å². The van der Waals surface area contributed by atoms with Crippen LogP contribution < -0.4 is 4.74 Å². The summed E-state index contributed by atoms with van der Waals surface area (Å²) < 4.78 is 10.3. The minimum atomic E-state index is 0.128. The lowest BCUT2D eigenvalue weighted by Crippen LogP contribution is -2.06. The predicted molar refractivity (Wildman–Crippen MR) is 68.1 cm³/mol. The summed E-state index contributed by atoms with van der Waals surface area (Å²) >= 11 is 0. The molecule has 3 nitrogen and oxygen atoms in total. The van der Waals surface area contributed by atoms with Crippen molar-refractivity contribution in [2.45, 2.75) is 13.3 Å². The van der Waals surface area contributed by atoms with Gasteiger partial charge in [-0.15, -0.1) is 0 Å². The SMILES string of the molecule is CCC(=O)COC/C=C/c1ccc(OC)cc1. The Balaban J connectivity index is 2.30. The van der Waals surface area contributed by atoms with Crippen LogP contribution in [0.3, 0.4) is 0 Å². The van der Waals surface area contributed by atoms with Gasteiger partial charge in [-0.2, -0.15) is 0 Å². The van der Waals surface area contributed by atoms with Crippen LogP contribution in [0.1, 0.15) is 18.9 Å². The van der Waals surface area contributed by atoms with E-state index in [4.69, 9.17) is 9.47 Å². The zero-order valence-corrected chi connectivity index (χ0v) is 10.3. The minimum absolute atomic E-state index is 0.128. The fraction of sp³-hybridized carbons (Fsp3) is 0.357. The van der Waals surface area contributed by atoms with Crippen LogP contribution >= 0.6 is 0 Å². The second kappa shape index (κ2) is 7.63. The molecule has 1 rings (SSSR count). The highest BCUT2D eigenvalue weighted by Gasteiger charge is 1.95. The van der Waals surface area contributed by atoms with Gasteiger partial charge >= 0.3 is 0 Å². The van der Waals surface area contributed by atoms with E-state index in [0.29, 0.717) is 13.0 Å². The molecule has 92 valence electrons. The van der Waals surface area contributed by atoms with Crippen LogP contribution in [0.2, 0.25) is 0 Å². The maximum atomic E-state index is 11.0. The van der Waals surface area contributed by atoms with E-state index >= 15 is 0 Å². The lowest BCUT2D eigenvalue weighted by Gasteiger charge is -2.00. The molecule has 0 atom stereocenters. The Morgan fingerprint density at radius 3 is 2.59 bits per heavy atom. The smallest absolute Gasteiger partial charge is 0.158 e. The van der Waals surface area contributed by atoms with Crippen molar-refractivity contribution in [2.24, 2.45) is 0 Å². The van der Waals surface area contributed by atoms with Gasteiger partial charge in [0.25, 0.3) is 0 Å². The summed E-state index contributed by atoms with van der Waals surface area (Å²) in [6.07, 6.45) is 4.38. The normalized spacial score (nSPS) is 10.7. The molecule has 0 aliphatic heterocycles. The molecule has 0 spiro atoms. The van der Waals surface area contributed by atoms with Gasteiger partial charge in [-0.3, -0.25) is 4.79 Å². The van der Waals surface area contributed by atoms with Crippen LogP contribution in [0.4, 0.5) is 0 Å². The van der Waals surface area contributed by atoms with Crippen molar-refractivity contribution in [3.05, 3.63) is 35.9 Å². The van der Waals surface area contributed by atoms with Crippen LogP contribution in [0, 0.1) is 0 Å². The van der Waals surface area contributed by atoms with E-state index in [1.807, 2.05) is 43.3 Å². The average Bonchev–Trinajstić information content (AvgIpc) is 2.38. The highest BCUT2D eigenvalue weighted by molar-refractivity contribution is 5.79. The predicted octanol–water partition coefficient (Wildman–Crippen LogP) is 2.70. The minimum Gasteiger partial charge on any atom is -0.497 e. The van der Waals surface area contributed by atoms with Crippen molar-refractivity contribution in [3.8, 4) is 5.75 Å². The zero-order chi connectivity index (χ0) is 12.5. The summed E-state index contributed by atoms with van der Waals surface area (Å²) in [5.41, 5.74) is 1.08. The number of rotatable bonds is 7. The Bertz CT molecular complexity index is 366. The van der Waals surface area contributed by atoms with Gasteiger partial charge in [0.05, 0.1) is 13.7 Å². The molecule has 17 heavy (non-hydrogen) atoms. The number of carbonyl (C=O) groups is 1. The third kappa shape index (κ3) is 5.31. The first kappa shape index (κ1) is 13.5. The molecule has 0 aliphatic carbocycles. The van der Waals surface area contributed by atoms with Crippen molar-refractivity contribution in [1.29, 1.82) is 0 Å². The molecule has 3 heteroatoms. The van der Waals surface area contributed by atoms with Crippen LogP contribution in [-0.2, 0) is 9.53 Å². The fourth-order valence-corrected chi connectivity index (χ4v) is 1.24. The molecule has 0 amide bonds. The number of hydrogen-bond donors (Lipinski definition) is 0. The first-order valence-electron chi connectivity index (χ1n) is 5.66. The third-order valence-electron chi connectivity index (χ3n) is 2.30. The maximum absolute atomic E-state index is 11.0. The second-order valence-corrected chi connectivity index (χ2v) is 3.58. The fourth-order valence-electron chi connectivity index (χ4n) is 1.24. The molecule has 0 bridgehead atoms. The molecular weight excluding hydrogens is 216 g/mol. The number of ether oxygens (including phenoxy) is 2. The van der Waals surface area contributed by atoms with E-state index in [-0.39, 0.29) is 12.4 Å². The van der Waals surface area contributed by atoms with E-state index in [2.05, 4.69) is 0 Å². The number of ketones is 1. The zero-order valence-electron chi connectivity index (χ0n) is 10.3. The topological polar surface area (TPSA) is 35.5 Å². The largest absolute Gasteiger partial charge is 0.497 e. The van der Waals surface area contributed by atoms with Gasteiger partial charge in [-0.1, -0.05) is 31.2 Å². The average molecular weight is 234 g/mol. The van der Waals surface area contributed by atoms with Gasteiger partial charge < -0.3 is 9.47 Å². The Morgan fingerprint density at radius 2 is 2.00 bits per heavy atom. The molecule has 0 aromatic heterocycles. The van der Waals surface area contributed by atoms with Crippen LogP contribution in [0.15, 0.2) is 30.3 Å². The molecule has 1 aromatic rings. The van der Waals surface area contributed by atoms with Gasteiger partial charge in [-0.25, -0.2) is 0 Å². The van der Waals surface area contributed by atoms with Gasteiger partial charge in [0.2, 0.25) is 0 Å². The first-order chi connectivity index (χ1) is 8.26. The van der Waals surface area contributed by atoms with Crippen molar-refractivity contribution in [1.82, 2.24) is 0 Å². The Morgan fingerprint density at radius 1 is 1.29 bits per heavy atom. The van der Waals surface area contributed by atoms with Gasteiger partial charge in [0.15, 0.2) is 5.78 Å². The monoisotopic (exact) mass is 234 g/mol. The van der Waals surface area contributed by atoms with Crippen LogP contribution in [0.25, 0.3) is 6.08 Å². The Labute approximate surface area is 102 Å². The summed E-state index contributed by atoms with van der Waals surface area (Å²) in [4.78, 5) is 11.0. The molecular formula is C14H18O3. The molecule has 0 aliphatic rings. The molecule has 0 saturated heterocycles. The van der Waals surface area contributed by atoms with Crippen molar-refractivity contribution >= 4 is 11.9 Å². The Hall–Kier alpha value is -1.61. The quantitative estimate of drug-likeness (QED) is 0.680. The number of Topliss-reactive ketones (excluding diaryl/α,β-unsaturated/α-hetero) is 1. The van der Waals surface area contributed by atoms with Crippen molar-refractivity contribution in [3.63, 3.8) is 0 Å². The number of benzene rings is 1. The second-order valence-electron chi connectivity index (χ2n) is 3.58. The van der Waals surface area contributed by atoms with Crippen LogP contribution in [-0.4, -0.2) is 26.1 Å². The molecule has 0 N–H and O–H groups in total. The van der Waals surface area contributed by atoms with Gasteiger partial charge in [0, 0.05) is 6.42 Å². The molecule has 0 saturated carbocycles. The summed E-state index contributed by atoms with van der Waals surface area (Å²) in [5, 5.41) is 0. The third-order valence-corrected chi connectivity index (χ3v) is 2.30. The van der Waals surface area contributed by atoms with Crippen molar-refractivity contribution in [2.75, 3.05) is 20.3 Å². The summed E-state index contributed by atoms with van der Waals surface area (Å²) in [6, 6.07) is 7.74. The highest BCUT2D eigenvalue weighted by atomic mass is 16.5. The van der Waals surface area contributed by atoms with Crippen LogP contribution in [0.5, 0.6) is 5.75 Å². The van der Waals surface area contributed by atoms with Gasteiger partial charge in [-0.05, 0) is 17.7 Å². The molecule has 0 fully saturated rings. The molecule has 0 radical (unpaired) electrons. The lowest BCUT2D eigenvalue weighted by atomic mass is 10.2. The lowest BCUT2D eigenvalue weighted by molar-refractivity contribution is -0.122. The van der Waals surface area contributed by atoms with E-state index in [1.54, 1.807) is 7.11 Å². The highest BCUT2D eigenvalue weighted by Crippen LogP contribution is 2.12.